The highest BCUT2D eigenvalue weighted by molar-refractivity contribution is 5.60. The summed E-state index contributed by atoms with van der Waals surface area (Å²) in [7, 11) is 0. The first kappa shape index (κ1) is 13.5. The van der Waals surface area contributed by atoms with Crippen molar-refractivity contribution < 1.29 is 4.92 Å². The fourth-order valence-electron chi connectivity index (χ4n) is 2.63. The smallest absolute Gasteiger partial charge is 0.292 e. The average molecular weight is 287 g/mol. The molecule has 1 N–H and O–H groups in total. The minimum atomic E-state index is -0.382. The first-order valence-electron chi connectivity index (χ1n) is 7.14. The van der Waals surface area contributed by atoms with E-state index >= 15 is 0 Å². The largest absolute Gasteiger partial charge is 0.372 e. The van der Waals surface area contributed by atoms with Crippen molar-refractivity contribution >= 4 is 11.4 Å². The number of aryl methyl sites for hydroxylation is 1. The number of fused-ring (bicyclic) bond motifs is 1. The maximum absolute atomic E-state index is 11.0. The summed E-state index contributed by atoms with van der Waals surface area (Å²) in [5.41, 5.74) is 0.585. The van der Waals surface area contributed by atoms with Crippen LogP contribution in [0.15, 0.2) is 24.3 Å². The summed E-state index contributed by atoms with van der Waals surface area (Å²) in [6.45, 7) is 1.37. The molecule has 0 fully saturated rings. The van der Waals surface area contributed by atoms with Crippen LogP contribution in [0.5, 0.6) is 0 Å². The van der Waals surface area contributed by atoms with Gasteiger partial charge in [-0.1, -0.05) is 18.6 Å². The van der Waals surface area contributed by atoms with Gasteiger partial charge in [0.1, 0.15) is 11.5 Å². The second-order valence-electron chi connectivity index (χ2n) is 5.12. The Kier molecular flexibility index (Phi) is 3.81. The number of nitro groups is 1. The van der Waals surface area contributed by atoms with E-state index in [1.807, 2.05) is 0 Å². The first-order valence-corrected chi connectivity index (χ1v) is 7.14. The summed E-state index contributed by atoms with van der Waals surface area (Å²) in [4.78, 5) is 10.6. The van der Waals surface area contributed by atoms with E-state index in [9.17, 15) is 10.1 Å². The Morgan fingerprint density at radius 2 is 2.10 bits per heavy atom. The molecule has 1 aliphatic heterocycles. The minimum Gasteiger partial charge on any atom is -0.372 e. The van der Waals surface area contributed by atoms with Crippen molar-refractivity contribution in [2.75, 3.05) is 5.32 Å². The molecule has 21 heavy (non-hydrogen) atoms. The standard InChI is InChI=1S/C14H17N5O2/c20-19(21)12-7-4-3-6-11(12)15-10-14-17-16-13-8-2-1-5-9-18(13)14/h3-4,6-7,15H,1-2,5,8-10H2. The normalized spacial score (nSPS) is 14.3. The van der Waals surface area contributed by atoms with Gasteiger partial charge in [0.05, 0.1) is 11.5 Å². The summed E-state index contributed by atoms with van der Waals surface area (Å²) in [6.07, 6.45) is 4.44. The maximum Gasteiger partial charge on any atom is 0.292 e. The summed E-state index contributed by atoms with van der Waals surface area (Å²) in [5.74, 6) is 1.86. The van der Waals surface area contributed by atoms with Crippen LogP contribution in [0.1, 0.15) is 30.9 Å². The van der Waals surface area contributed by atoms with Gasteiger partial charge in [0.15, 0.2) is 5.82 Å². The number of hydrogen-bond donors (Lipinski definition) is 1. The van der Waals surface area contributed by atoms with Crippen LogP contribution in [0.2, 0.25) is 0 Å². The molecule has 2 aromatic rings. The van der Waals surface area contributed by atoms with Crippen molar-refractivity contribution in [1.82, 2.24) is 14.8 Å². The number of anilines is 1. The predicted molar refractivity (Wildman–Crippen MR) is 78.0 cm³/mol. The summed E-state index contributed by atoms with van der Waals surface area (Å²) in [5, 5.41) is 22.5. The lowest BCUT2D eigenvalue weighted by molar-refractivity contribution is -0.384. The molecular weight excluding hydrogens is 270 g/mol. The van der Waals surface area contributed by atoms with Gasteiger partial charge in [0.2, 0.25) is 0 Å². The molecule has 0 atom stereocenters. The van der Waals surface area contributed by atoms with Crippen LogP contribution >= 0.6 is 0 Å². The second kappa shape index (κ2) is 5.90. The average Bonchev–Trinajstić information content (AvgIpc) is 2.72. The third-order valence-electron chi connectivity index (χ3n) is 3.72. The lowest BCUT2D eigenvalue weighted by Gasteiger charge is -2.09. The number of hydrogen-bond acceptors (Lipinski definition) is 5. The van der Waals surface area contributed by atoms with E-state index in [4.69, 9.17) is 0 Å². The lowest BCUT2D eigenvalue weighted by Crippen LogP contribution is -2.11. The summed E-state index contributed by atoms with van der Waals surface area (Å²) >= 11 is 0. The number of benzene rings is 1. The molecule has 0 spiro atoms. The van der Waals surface area contributed by atoms with Crippen molar-refractivity contribution in [1.29, 1.82) is 0 Å². The van der Waals surface area contributed by atoms with Gasteiger partial charge >= 0.3 is 0 Å². The molecule has 7 heteroatoms. The SMILES string of the molecule is O=[N+]([O-])c1ccccc1NCc1nnc2n1CCCCC2. The highest BCUT2D eigenvalue weighted by Gasteiger charge is 2.16. The number of nitro benzene ring substituents is 1. The summed E-state index contributed by atoms with van der Waals surface area (Å²) < 4.78 is 2.13. The van der Waals surface area contributed by atoms with Gasteiger partial charge in [-0.25, -0.2) is 0 Å². The van der Waals surface area contributed by atoms with E-state index in [0.29, 0.717) is 12.2 Å². The van der Waals surface area contributed by atoms with Gasteiger partial charge in [-0.2, -0.15) is 0 Å². The van der Waals surface area contributed by atoms with Crippen LogP contribution in [0, 0.1) is 10.1 Å². The van der Waals surface area contributed by atoms with Crippen LogP contribution in [-0.4, -0.2) is 19.7 Å². The Morgan fingerprint density at radius 3 is 2.95 bits per heavy atom. The number of nitrogens with zero attached hydrogens (tertiary/aromatic N) is 4. The van der Waals surface area contributed by atoms with Crippen LogP contribution in [0.4, 0.5) is 11.4 Å². The van der Waals surface area contributed by atoms with E-state index < -0.39 is 0 Å². The first-order chi connectivity index (χ1) is 10.3. The zero-order valence-corrected chi connectivity index (χ0v) is 11.7. The third kappa shape index (κ3) is 2.86. The van der Waals surface area contributed by atoms with Gasteiger partial charge in [-0.3, -0.25) is 10.1 Å². The molecule has 0 bridgehead atoms. The zero-order chi connectivity index (χ0) is 14.7. The predicted octanol–water partition coefficient (Wildman–Crippen LogP) is 2.52. The van der Waals surface area contributed by atoms with E-state index in [0.717, 1.165) is 37.5 Å². The minimum absolute atomic E-state index is 0.0769. The van der Waals surface area contributed by atoms with Crippen molar-refractivity contribution in [2.24, 2.45) is 0 Å². The fraction of sp³-hybridized carbons (Fsp3) is 0.429. The van der Waals surface area contributed by atoms with Crippen LogP contribution in [0.25, 0.3) is 0 Å². The molecule has 0 amide bonds. The zero-order valence-electron chi connectivity index (χ0n) is 11.7. The van der Waals surface area contributed by atoms with Crippen molar-refractivity contribution in [3.8, 4) is 0 Å². The molecule has 1 aliphatic rings. The quantitative estimate of drug-likeness (QED) is 0.689. The van der Waals surface area contributed by atoms with Gasteiger partial charge in [-0.05, 0) is 18.9 Å². The molecule has 7 nitrogen and oxygen atoms in total. The Balaban J connectivity index is 1.77. The topological polar surface area (TPSA) is 85.9 Å². The highest BCUT2D eigenvalue weighted by atomic mass is 16.6. The van der Waals surface area contributed by atoms with E-state index in [1.54, 1.807) is 18.2 Å². The van der Waals surface area contributed by atoms with E-state index in [2.05, 4.69) is 20.1 Å². The summed E-state index contributed by atoms with van der Waals surface area (Å²) in [6, 6.07) is 6.64. The molecule has 1 aromatic carbocycles. The molecule has 3 rings (SSSR count). The second-order valence-corrected chi connectivity index (χ2v) is 5.12. The van der Waals surface area contributed by atoms with Crippen LogP contribution in [-0.2, 0) is 19.5 Å². The number of para-hydroxylation sites is 2. The monoisotopic (exact) mass is 287 g/mol. The number of nitrogens with one attached hydrogen (secondary N) is 1. The van der Waals surface area contributed by atoms with E-state index in [-0.39, 0.29) is 10.6 Å². The van der Waals surface area contributed by atoms with Gasteiger partial charge in [-0.15, -0.1) is 10.2 Å². The highest BCUT2D eigenvalue weighted by Crippen LogP contribution is 2.24. The van der Waals surface area contributed by atoms with E-state index in [1.165, 1.54) is 12.5 Å². The Bertz CT molecular complexity index is 653. The lowest BCUT2D eigenvalue weighted by atomic mass is 10.2. The fourth-order valence-corrected chi connectivity index (χ4v) is 2.63. The van der Waals surface area contributed by atoms with Crippen molar-refractivity contribution in [2.45, 2.75) is 38.8 Å². The van der Waals surface area contributed by atoms with Crippen LogP contribution < -0.4 is 5.32 Å². The Hall–Kier alpha value is -2.44. The molecule has 110 valence electrons. The number of aromatic nitrogens is 3. The maximum atomic E-state index is 11.0. The molecule has 0 saturated heterocycles. The van der Waals surface area contributed by atoms with Crippen molar-refractivity contribution in [3.63, 3.8) is 0 Å². The molecule has 1 aromatic heterocycles. The molecule has 0 radical (unpaired) electrons. The van der Waals surface area contributed by atoms with Crippen LogP contribution in [0.3, 0.4) is 0 Å². The molecule has 0 saturated carbocycles. The Morgan fingerprint density at radius 1 is 1.24 bits per heavy atom. The Labute approximate surface area is 122 Å². The van der Waals surface area contributed by atoms with Gasteiger partial charge in [0.25, 0.3) is 5.69 Å². The van der Waals surface area contributed by atoms with Gasteiger partial charge in [0, 0.05) is 19.0 Å². The van der Waals surface area contributed by atoms with Crippen molar-refractivity contribution in [3.05, 3.63) is 46.0 Å². The molecule has 0 aliphatic carbocycles. The number of rotatable bonds is 4. The molecule has 0 unspecified atom stereocenters. The van der Waals surface area contributed by atoms with Gasteiger partial charge < -0.3 is 9.88 Å². The molecular formula is C14H17N5O2. The third-order valence-corrected chi connectivity index (χ3v) is 3.72. The molecule has 2 heterocycles.